The van der Waals surface area contributed by atoms with Gasteiger partial charge in [-0.3, -0.25) is 14.7 Å². The normalized spacial score (nSPS) is 13.6. The van der Waals surface area contributed by atoms with E-state index in [-0.39, 0.29) is 30.0 Å². The second-order valence-corrected chi connectivity index (χ2v) is 14.2. The molecule has 0 spiro atoms. The Morgan fingerprint density at radius 3 is 1.82 bits per heavy atom. The van der Waals surface area contributed by atoms with Gasteiger partial charge in [-0.1, -0.05) is 12.1 Å². The van der Waals surface area contributed by atoms with Gasteiger partial charge in [0.25, 0.3) is 10.0 Å². The Bertz CT molecular complexity index is 2080. The SMILES string of the molecule is CCS(=O)(=O)N(c1cncc(-c2ccc(C#N)c(OC)c2)c1)C1(S(=O)(=O)Nc2cncc(-c3ccc(C#N)c(OC)c3)c2)CC1. The van der Waals surface area contributed by atoms with Crippen LogP contribution in [0.5, 0.6) is 11.5 Å². The van der Waals surface area contributed by atoms with E-state index in [9.17, 15) is 27.4 Å². The van der Waals surface area contributed by atoms with Gasteiger partial charge in [0.15, 0.2) is 4.87 Å². The summed E-state index contributed by atoms with van der Waals surface area (Å²) in [5.74, 6) is 0.337. The van der Waals surface area contributed by atoms with Gasteiger partial charge in [0.2, 0.25) is 10.0 Å². The van der Waals surface area contributed by atoms with Crippen LogP contribution in [0.4, 0.5) is 11.4 Å². The highest BCUT2D eigenvalue weighted by Crippen LogP contribution is 2.51. The van der Waals surface area contributed by atoms with Crippen molar-refractivity contribution in [3.05, 3.63) is 84.4 Å². The molecule has 2 heterocycles. The van der Waals surface area contributed by atoms with Crippen molar-refractivity contribution in [1.82, 2.24) is 9.97 Å². The van der Waals surface area contributed by atoms with Crippen LogP contribution in [-0.4, -0.2) is 51.6 Å². The maximum Gasteiger partial charge on any atom is 0.258 e. The smallest absolute Gasteiger partial charge is 0.258 e. The molecule has 0 unspecified atom stereocenters. The largest absolute Gasteiger partial charge is 0.495 e. The number of anilines is 2. The third-order valence-corrected chi connectivity index (χ3v) is 11.5. The van der Waals surface area contributed by atoms with E-state index >= 15 is 0 Å². The summed E-state index contributed by atoms with van der Waals surface area (Å²) < 4.78 is 69.3. The molecule has 1 aliphatic carbocycles. The molecular weight excluding hydrogens is 617 g/mol. The fraction of sp³-hybridized carbons (Fsp3) is 0.226. The quantitative estimate of drug-likeness (QED) is 0.242. The van der Waals surface area contributed by atoms with Crippen molar-refractivity contribution in [2.45, 2.75) is 24.6 Å². The molecule has 14 heteroatoms. The summed E-state index contributed by atoms with van der Waals surface area (Å²) in [4.78, 5) is 6.61. The molecule has 2 aromatic carbocycles. The minimum absolute atomic E-state index is 0.0520. The Kier molecular flexibility index (Phi) is 8.38. The maximum absolute atomic E-state index is 14.0. The summed E-state index contributed by atoms with van der Waals surface area (Å²) in [5.41, 5.74) is 3.17. The van der Waals surface area contributed by atoms with Crippen molar-refractivity contribution < 1.29 is 26.3 Å². The Labute approximate surface area is 261 Å². The predicted octanol–water partition coefficient (Wildman–Crippen LogP) is 4.66. The lowest BCUT2D eigenvalue weighted by Crippen LogP contribution is -2.50. The highest BCUT2D eigenvalue weighted by atomic mass is 32.2. The summed E-state index contributed by atoms with van der Waals surface area (Å²) in [6, 6.07) is 17.0. The van der Waals surface area contributed by atoms with Crippen LogP contribution in [-0.2, 0) is 20.0 Å². The van der Waals surface area contributed by atoms with Crippen LogP contribution in [0.1, 0.15) is 30.9 Å². The van der Waals surface area contributed by atoms with Crippen molar-refractivity contribution in [3.8, 4) is 45.9 Å². The van der Waals surface area contributed by atoms with Crippen LogP contribution in [0.15, 0.2) is 73.3 Å². The van der Waals surface area contributed by atoms with Gasteiger partial charge in [-0.15, -0.1) is 0 Å². The van der Waals surface area contributed by atoms with Gasteiger partial charge >= 0.3 is 0 Å². The predicted molar refractivity (Wildman–Crippen MR) is 168 cm³/mol. The molecule has 1 fully saturated rings. The zero-order valence-corrected chi connectivity index (χ0v) is 26.2. The van der Waals surface area contributed by atoms with Crippen LogP contribution in [0.2, 0.25) is 0 Å². The highest BCUT2D eigenvalue weighted by Gasteiger charge is 2.63. The molecule has 12 nitrogen and oxygen atoms in total. The average Bonchev–Trinajstić information content (AvgIpc) is 3.86. The van der Waals surface area contributed by atoms with Crippen LogP contribution >= 0.6 is 0 Å². The van der Waals surface area contributed by atoms with Crippen molar-refractivity contribution >= 4 is 31.4 Å². The second-order valence-electron chi connectivity index (χ2n) is 10.2. The van der Waals surface area contributed by atoms with E-state index in [2.05, 4.69) is 14.7 Å². The monoisotopic (exact) mass is 644 g/mol. The number of nitriles is 2. The van der Waals surface area contributed by atoms with Gasteiger partial charge < -0.3 is 9.47 Å². The third kappa shape index (κ3) is 5.85. The van der Waals surface area contributed by atoms with Crippen molar-refractivity contribution in [3.63, 3.8) is 0 Å². The van der Waals surface area contributed by atoms with E-state index in [0.717, 1.165) is 4.31 Å². The van der Waals surface area contributed by atoms with E-state index in [1.165, 1.54) is 45.9 Å². The Hall–Kier alpha value is -5.18. The number of benzene rings is 2. The molecule has 0 radical (unpaired) electrons. The Morgan fingerprint density at radius 2 is 1.33 bits per heavy atom. The van der Waals surface area contributed by atoms with Gasteiger partial charge in [-0.05, 0) is 67.3 Å². The standard InChI is InChI=1S/C31H28N6O6S2/c1-4-44(38,39)37(28-12-26(18-35-20-28)22-6-8-24(16-33)30(14-22)43-3)31(9-10-31)45(40,41)36-27-11-25(17-34-19-27)21-5-7-23(15-32)29(13-21)42-2/h5-8,11-14,17-20,36H,4,9-10H2,1-3H3. The number of methoxy groups -OCH3 is 2. The lowest BCUT2D eigenvalue weighted by atomic mass is 10.0. The van der Waals surface area contributed by atoms with Gasteiger partial charge in [-0.2, -0.15) is 10.5 Å². The average molecular weight is 645 g/mol. The van der Waals surface area contributed by atoms with Gasteiger partial charge in [0, 0.05) is 23.5 Å². The van der Waals surface area contributed by atoms with Crippen LogP contribution in [0.3, 0.4) is 0 Å². The summed E-state index contributed by atoms with van der Waals surface area (Å²) in [6.45, 7) is 1.44. The molecule has 2 aromatic heterocycles. The molecule has 5 rings (SSSR count). The van der Waals surface area contributed by atoms with Gasteiger partial charge in [0.05, 0.1) is 54.9 Å². The second kappa shape index (κ2) is 12.1. The summed E-state index contributed by atoms with van der Waals surface area (Å²) in [6.07, 6.45) is 5.80. The van der Waals surface area contributed by atoms with Gasteiger partial charge in [0.1, 0.15) is 23.6 Å². The number of pyridine rings is 2. The number of rotatable bonds is 11. The van der Waals surface area contributed by atoms with Crippen molar-refractivity contribution in [2.75, 3.05) is 29.0 Å². The van der Waals surface area contributed by atoms with E-state index in [4.69, 9.17) is 9.47 Å². The lowest BCUT2D eigenvalue weighted by molar-refractivity contribution is 0.413. The first-order valence-corrected chi connectivity index (χ1v) is 16.7. The molecule has 0 amide bonds. The zero-order chi connectivity index (χ0) is 32.4. The molecule has 0 aliphatic heterocycles. The van der Waals surface area contributed by atoms with Crippen LogP contribution in [0.25, 0.3) is 22.3 Å². The highest BCUT2D eigenvalue weighted by molar-refractivity contribution is 7.98. The molecular formula is C31H28N6O6S2. The van der Waals surface area contributed by atoms with Gasteiger partial charge in [-0.25, -0.2) is 21.1 Å². The summed E-state index contributed by atoms with van der Waals surface area (Å²) in [5, 5.41) is 18.6. The molecule has 1 saturated carbocycles. The van der Waals surface area contributed by atoms with E-state index in [1.54, 1.807) is 48.5 Å². The molecule has 4 aromatic rings. The lowest BCUT2D eigenvalue weighted by Gasteiger charge is -2.32. The fourth-order valence-corrected chi connectivity index (χ4v) is 8.57. The molecule has 230 valence electrons. The molecule has 0 saturated heterocycles. The number of nitrogens with zero attached hydrogens (tertiary/aromatic N) is 5. The summed E-state index contributed by atoms with van der Waals surface area (Å²) >= 11 is 0. The number of nitrogens with one attached hydrogen (secondary N) is 1. The maximum atomic E-state index is 14.0. The van der Waals surface area contributed by atoms with Crippen LogP contribution in [0, 0.1) is 22.7 Å². The van der Waals surface area contributed by atoms with E-state index in [1.807, 2.05) is 12.1 Å². The Morgan fingerprint density at radius 1 is 0.800 bits per heavy atom. The Balaban J connectivity index is 1.52. The van der Waals surface area contributed by atoms with E-state index < -0.39 is 24.9 Å². The number of ether oxygens (including phenoxy) is 2. The first-order valence-electron chi connectivity index (χ1n) is 13.6. The number of sulfonamides is 2. The first-order chi connectivity index (χ1) is 21.5. The van der Waals surface area contributed by atoms with Crippen molar-refractivity contribution in [1.29, 1.82) is 10.5 Å². The molecule has 1 aliphatic rings. The minimum atomic E-state index is -4.36. The topological polar surface area (TPSA) is 175 Å². The number of hydrogen-bond donors (Lipinski definition) is 1. The molecule has 0 bridgehead atoms. The molecule has 45 heavy (non-hydrogen) atoms. The molecule has 0 atom stereocenters. The molecule has 1 N–H and O–H groups in total. The van der Waals surface area contributed by atoms with E-state index in [0.29, 0.717) is 44.9 Å². The number of hydrogen-bond acceptors (Lipinski definition) is 10. The zero-order valence-electron chi connectivity index (χ0n) is 24.6. The fourth-order valence-electron chi connectivity index (χ4n) is 4.99. The third-order valence-electron chi connectivity index (χ3n) is 7.45. The minimum Gasteiger partial charge on any atom is -0.495 e. The van der Waals surface area contributed by atoms with Crippen LogP contribution < -0.4 is 18.5 Å². The summed E-state index contributed by atoms with van der Waals surface area (Å²) in [7, 11) is -5.60. The first kappa shape index (κ1) is 31.3. The van der Waals surface area contributed by atoms with Crippen molar-refractivity contribution in [2.24, 2.45) is 0 Å². The number of aromatic nitrogens is 2.